The fraction of sp³-hybridized carbons (Fsp3) is 0.529. The predicted octanol–water partition coefficient (Wildman–Crippen LogP) is 1.51. The molecule has 0 aliphatic carbocycles. The van der Waals surface area contributed by atoms with Gasteiger partial charge in [-0.15, -0.1) is 0 Å². The van der Waals surface area contributed by atoms with E-state index in [0.29, 0.717) is 24.5 Å². The molecule has 25 heavy (non-hydrogen) atoms. The number of rotatable bonds is 5. The minimum absolute atomic E-state index is 0.192. The average Bonchev–Trinajstić information content (AvgIpc) is 2.91. The van der Waals surface area contributed by atoms with Crippen LogP contribution in [0, 0.1) is 5.82 Å². The molecular formula is C17H22FN3O4. The van der Waals surface area contributed by atoms with Crippen molar-refractivity contribution in [2.24, 2.45) is 0 Å². The molecule has 1 N–H and O–H groups in total. The van der Waals surface area contributed by atoms with Crippen molar-refractivity contribution in [2.75, 3.05) is 43.1 Å². The van der Waals surface area contributed by atoms with E-state index in [9.17, 15) is 14.0 Å². The molecule has 3 rings (SSSR count). The molecule has 2 aliphatic rings. The van der Waals surface area contributed by atoms with E-state index in [2.05, 4.69) is 5.32 Å². The van der Waals surface area contributed by atoms with Crippen molar-refractivity contribution in [1.29, 1.82) is 0 Å². The molecule has 1 aromatic rings. The maximum absolute atomic E-state index is 14.5. The SMILES string of the molecule is COC1(C)CN(c2ccc(N3CC(CNC(C)=O)OC3=O)cc2F)C1. The maximum atomic E-state index is 14.5. The fourth-order valence-corrected chi connectivity index (χ4v) is 3.08. The summed E-state index contributed by atoms with van der Waals surface area (Å²) in [5, 5.41) is 2.61. The van der Waals surface area contributed by atoms with Crippen molar-refractivity contribution in [3.05, 3.63) is 24.0 Å². The number of ether oxygens (including phenoxy) is 2. The van der Waals surface area contributed by atoms with E-state index in [1.165, 1.54) is 17.9 Å². The number of carbonyl (C=O) groups is 2. The molecule has 0 saturated carbocycles. The van der Waals surface area contributed by atoms with Crippen LogP contribution in [-0.4, -0.2) is 57.0 Å². The van der Waals surface area contributed by atoms with Crippen LogP contribution in [-0.2, 0) is 14.3 Å². The lowest BCUT2D eigenvalue weighted by molar-refractivity contribution is -0.119. The van der Waals surface area contributed by atoms with E-state index in [1.54, 1.807) is 19.2 Å². The van der Waals surface area contributed by atoms with Gasteiger partial charge in [0.25, 0.3) is 0 Å². The lowest BCUT2D eigenvalue weighted by Gasteiger charge is -2.48. The summed E-state index contributed by atoms with van der Waals surface area (Å²) in [6, 6.07) is 4.69. The number of hydrogen-bond donors (Lipinski definition) is 1. The van der Waals surface area contributed by atoms with Crippen LogP contribution in [0.25, 0.3) is 0 Å². The minimum atomic E-state index is -0.543. The van der Waals surface area contributed by atoms with Gasteiger partial charge in [-0.2, -0.15) is 0 Å². The van der Waals surface area contributed by atoms with E-state index in [0.717, 1.165) is 0 Å². The molecule has 1 unspecified atom stereocenters. The highest BCUT2D eigenvalue weighted by Crippen LogP contribution is 2.34. The van der Waals surface area contributed by atoms with E-state index in [-0.39, 0.29) is 24.6 Å². The lowest BCUT2D eigenvalue weighted by Crippen LogP contribution is -2.61. The molecule has 2 aliphatic heterocycles. The smallest absolute Gasteiger partial charge is 0.414 e. The molecule has 0 aromatic heterocycles. The molecule has 2 saturated heterocycles. The number of hydrogen-bond acceptors (Lipinski definition) is 5. The van der Waals surface area contributed by atoms with Gasteiger partial charge in [-0.3, -0.25) is 9.69 Å². The molecule has 2 fully saturated rings. The van der Waals surface area contributed by atoms with E-state index < -0.39 is 18.0 Å². The summed E-state index contributed by atoms with van der Waals surface area (Å²) in [6.07, 6.45) is -0.990. The van der Waals surface area contributed by atoms with Gasteiger partial charge in [0.05, 0.1) is 30.1 Å². The van der Waals surface area contributed by atoms with Crippen LogP contribution in [0.5, 0.6) is 0 Å². The Kier molecular flexibility index (Phi) is 4.55. The first-order valence-corrected chi connectivity index (χ1v) is 8.13. The van der Waals surface area contributed by atoms with Gasteiger partial charge >= 0.3 is 6.09 Å². The largest absolute Gasteiger partial charge is 0.442 e. The fourth-order valence-electron chi connectivity index (χ4n) is 3.08. The van der Waals surface area contributed by atoms with Gasteiger partial charge < -0.3 is 19.7 Å². The number of methoxy groups -OCH3 is 1. The lowest BCUT2D eigenvalue weighted by atomic mass is 9.95. The quantitative estimate of drug-likeness (QED) is 0.871. The standard InChI is InChI=1S/C17H22FN3O4/c1-11(22)19-7-13-8-21(16(23)25-13)12-4-5-15(14(18)6-12)20-9-17(2,10-20)24-3/h4-6,13H,7-10H2,1-3H3,(H,19,22). The predicted molar refractivity (Wildman–Crippen MR) is 90.3 cm³/mol. The topological polar surface area (TPSA) is 71.1 Å². The number of nitrogens with one attached hydrogen (secondary N) is 1. The number of benzene rings is 1. The average molecular weight is 351 g/mol. The Morgan fingerprint density at radius 3 is 2.80 bits per heavy atom. The van der Waals surface area contributed by atoms with Crippen molar-refractivity contribution in [1.82, 2.24) is 5.32 Å². The van der Waals surface area contributed by atoms with Crippen LogP contribution in [0.3, 0.4) is 0 Å². The van der Waals surface area contributed by atoms with Crippen molar-refractivity contribution in [2.45, 2.75) is 25.6 Å². The van der Waals surface area contributed by atoms with E-state index >= 15 is 0 Å². The van der Waals surface area contributed by atoms with Gasteiger partial charge in [0.2, 0.25) is 5.91 Å². The first-order chi connectivity index (χ1) is 11.8. The van der Waals surface area contributed by atoms with Crippen LogP contribution in [0.4, 0.5) is 20.6 Å². The first-order valence-electron chi connectivity index (χ1n) is 8.13. The molecule has 0 bridgehead atoms. The van der Waals surface area contributed by atoms with Gasteiger partial charge in [-0.1, -0.05) is 0 Å². The highest BCUT2D eigenvalue weighted by molar-refractivity contribution is 5.90. The highest BCUT2D eigenvalue weighted by atomic mass is 19.1. The number of carbonyl (C=O) groups excluding carboxylic acids is 2. The van der Waals surface area contributed by atoms with Crippen LogP contribution in [0.1, 0.15) is 13.8 Å². The minimum Gasteiger partial charge on any atom is -0.442 e. The van der Waals surface area contributed by atoms with E-state index in [4.69, 9.17) is 9.47 Å². The monoisotopic (exact) mass is 351 g/mol. The van der Waals surface area contributed by atoms with Gasteiger partial charge in [0.15, 0.2) is 0 Å². The molecule has 2 heterocycles. The zero-order chi connectivity index (χ0) is 18.2. The van der Waals surface area contributed by atoms with Gasteiger partial charge in [0, 0.05) is 27.1 Å². The second kappa shape index (κ2) is 6.51. The number of amides is 2. The number of anilines is 2. The second-order valence-electron chi connectivity index (χ2n) is 6.70. The Balaban J connectivity index is 1.67. The molecule has 7 nitrogen and oxygen atoms in total. The maximum Gasteiger partial charge on any atom is 0.414 e. The Morgan fingerprint density at radius 2 is 2.20 bits per heavy atom. The molecule has 136 valence electrons. The molecular weight excluding hydrogens is 329 g/mol. The molecule has 1 aromatic carbocycles. The number of nitrogens with zero attached hydrogens (tertiary/aromatic N) is 2. The van der Waals surface area contributed by atoms with Crippen LogP contribution in [0.15, 0.2) is 18.2 Å². The van der Waals surface area contributed by atoms with Gasteiger partial charge in [-0.25, -0.2) is 9.18 Å². The molecule has 0 spiro atoms. The van der Waals surface area contributed by atoms with Crippen LogP contribution >= 0.6 is 0 Å². The summed E-state index contributed by atoms with van der Waals surface area (Å²) in [4.78, 5) is 26.2. The van der Waals surface area contributed by atoms with Crippen LogP contribution in [0.2, 0.25) is 0 Å². The van der Waals surface area contributed by atoms with Gasteiger partial charge in [-0.05, 0) is 25.1 Å². The summed E-state index contributed by atoms with van der Waals surface area (Å²) in [6.45, 7) is 5.11. The zero-order valence-electron chi connectivity index (χ0n) is 14.5. The van der Waals surface area contributed by atoms with Gasteiger partial charge in [0.1, 0.15) is 11.9 Å². The Labute approximate surface area is 145 Å². The number of cyclic esters (lactones) is 1. The Bertz CT molecular complexity index is 690. The molecule has 2 amide bonds. The number of halogens is 1. The van der Waals surface area contributed by atoms with Crippen LogP contribution < -0.4 is 15.1 Å². The first kappa shape index (κ1) is 17.5. The summed E-state index contributed by atoms with van der Waals surface area (Å²) >= 11 is 0. The summed E-state index contributed by atoms with van der Waals surface area (Å²) in [5.74, 6) is -0.587. The summed E-state index contributed by atoms with van der Waals surface area (Å²) in [5.41, 5.74) is 0.674. The zero-order valence-corrected chi connectivity index (χ0v) is 14.5. The highest BCUT2D eigenvalue weighted by Gasteiger charge is 2.40. The molecule has 1 atom stereocenters. The summed E-state index contributed by atoms with van der Waals surface area (Å²) < 4.78 is 25.1. The van der Waals surface area contributed by atoms with Crippen molar-refractivity contribution in [3.8, 4) is 0 Å². The third kappa shape index (κ3) is 3.53. The van der Waals surface area contributed by atoms with Crippen molar-refractivity contribution in [3.63, 3.8) is 0 Å². The summed E-state index contributed by atoms with van der Waals surface area (Å²) in [7, 11) is 1.65. The van der Waals surface area contributed by atoms with Crippen molar-refractivity contribution < 1.29 is 23.5 Å². The second-order valence-corrected chi connectivity index (χ2v) is 6.70. The molecule has 8 heteroatoms. The van der Waals surface area contributed by atoms with E-state index in [1.807, 2.05) is 11.8 Å². The Morgan fingerprint density at radius 1 is 1.48 bits per heavy atom. The molecule has 0 radical (unpaired) electrons. The van der Waals surface area contributed by atoms with Crippen molar-refractivity contribution >= 4 is 23.4 Å². The third-order valence-electron chi connectivity index (χ3n) is 4.58. The third-order valence-corrected chi connectivity index (χ3v) is 4.58. The Hall–Kier alpha value is -2.35. The normalized spacial score (nSPS) is 21.8.